The Morgan fingerprint density at radius 2 is 0.500 bits per heavy atom. The van der Waals surface area contributed by atoms with Gasteiger partial charge in [-0.3, -0.25) is 37.3 Å². The van der Waals surface area contributed by atoms with Crippen LogP contribution in [0.4, 0.5) is 0 Å². The molecule has 0 amide bonds. The molecule has 0 saturated heterocycles. The van der Waals surface area contributed by atoms with Crippen molar-refractivity contribution in [2.45, 2.75) is 329 Å². The largest absolute Gasteiger partial charge is 0.472 e. The smallest absolute Gasteiger partial charge is 0.462 e. The number of esters is 4. The molecule has 2 unspecified atom stereocenters. The first kappa shape index (κ1) is 104. The number of phosphoric acid groups is 2. The summed E-state index contributed by atoms with van der Waals surface area (Å²) >= 11 is 0. The number of carbonyl (C=O) groups excluding carboxylic acids is 4. The third kappa shape index (κ3) is 80.2. The van der Waals surface area contributed by atoms with Gasteiger partial charge in [0.15, 0.2) is 12.2 Å². The summed E-state index contributed by atoms with van der Waals surface area (Å²) in [7, 11) is -10.0. The van der Waals surface area contributed by atoms with Crippen molar-refractivity contribution in [3.8, 4) is 0 Å². The van der Waals surface area contributed by atoms with E-state index in [1.807, 2.05) is 24.3 Å². The number of unbranched alkanes of at least 4 members (excludes halogenated alkanes) is 21. The minimum absolute atomic E-state index is 0.0291. The Balaban J connectivity index is 5.55. The number of ether oxygens (including phenoxy) is 4. The second-order valence-electron chi connectivity index (χ2n) is 27.3. The highest BCUT2D eigenvalue weighted by Gasteiger charge is 2.30. The molecule has 19 heteroatoms. The van der Waals surface area contributed by atoms with Gasteiger partial charge in [-0.25, -0.2) is 9.13 Å². The van der Waals surface area contributed by atoms with Crippen LogP contribution in [0.25, 0.3) is 0 Å². The van der Waals surface area contributed by atoms with Gasteiger partial charge < -0.3 is 33.8 Å². The second-order valence-corrected chi connectivity index (χ2v) is 30.2. The molecule has 5 atom stereocenters. The van der Waals surface area contributed by atoms with Crippen molar-refractivity contribution in [3.63, 3.8) is 0 Å². The van der Waals surface area contributed by atoms with Crippen molar-refractivity contribution >= 4 is 39.5 Å². The van der Waals surface area contributed by atoms with Gasteiger partial charge in [-0.2, -0.15) is 0 Å². The van der Waals surface area contributed by atoms with Gasteiger partial charge in [0.1, 0.15) is 19.3 Å². The topological polar surface area (TPSA) is 237 Å². The molecule has 624 valence electrons. The zero-order valence-electron chi connectivity index (χ0n) is 68.4. The zero-order valence-corrected chi connectivity index (χ0v) is 70.1. The molecular weight excluding hydrogens is 1430 g/mol. The first-order chi connectivity index (χ1) is 53.7. The predicted molar refractivity (Wildman–Crippen MR) is 454 cm³/mol. The number of carbonyl (C=O) groups is 4. The Kier molecular flexibility index (Phi) is 76.9. The van der Waals surface area contributed by atoms with E-state index in [2.05, 4.69) is 186 Å². The van der Waals surface area contributed by atoms with Crippen LogP contribution in [0.5, 0.6) is 0 Å². The molecule has 0 aliphatic heterocycles. The molecule has 0 spiro atoms. The molecular formula is C91H148O17P2. The molecule has 3 N–H and O–H groups in total. The van der Waals surface area contributed by atoms with Gasteiger partial charge in [0.25, 0.3) is 0 Å². The molecule has 0 aliphatic carbocycles. The van der Waals surface area contributed by atoms with Gasteiger partial charge in [-0.05, 0) is 173 Å². The Morgan fingerprint density at radius 3 is 0.845 bits per heavy atom. The molecule has 0 rings (SSSR count). The van der Waals surface area contributed by atoms with E-state index in [9.17, 15) is 43.2 Å². The van der Waals surface area contributed by atoms with Crippen LogP contribution in [-0.4, -0.2) is 96.7 Å². The fourth-order valence-corrected chi connectivity index (χ4v) is 12.0. The first-order valence-corrected chi connectivity index (χ1v) is 45.0. The van der Waals surface area contributed by atoms with Crippen LogP contribution in [-0.2, 0) is 65.4 Å². The Hall–Kier alpha value is -5.84. The van der Waals surface area contributed by atoms with E-state index < -0.39 is 97.5 Å². The van der Waals surface area contributed by atoms with Crippen molar-refractivity contribution in [2.24, 2.45) is 0 Å². The number of aliphatic hydroxyl groups excluding tert-OH is 1. The summed E-state index contributed by atoms with van der Waals surface area (Å²) in [6.45, 7) is 4.50. The number of phosphoric ester groups is 2. The molecule has 110 heavy (non-hydrogen) atoms. The summed E-state index contributed by atoms with van der Waals surface area (Å²) in [5, 5.41) is 10.7. The normalized spacial score (nSPS) is 14.7. The monoisotopic (exact) mass is 1580 g/mol. The predicted octanol–water partition coefficient (Wildman–Crippen LogP) is 25.1. The lowest BCUT2D eigenvalue weighted by atomic mass is 10.1. The first-order valence-electron chi connectivity index (χ1n) is 42.0. The fraction of sp³-hybridized carbons (Fsp3) is 0.626. The molecule has 17 nitrogen and oxygen atoms in total. The van der Waals surface area contributed by atoms with Crippen molar-refractivity contribution in [2.75, 3.05) is 39.6 Å². The van der Waals surface area contributed by atoms with Crippen LogP contribution in [0, 0.1) is 0 Å². The zero-order chi connectivity index (χ0) is 80.3. The van der Waals surface area contributed by atoms with Gasteiger partial charge >= 0.3 is 39.5 Å². The summed E-state index contributed by atoms with van der Waals surface area (Å²) < 4.78 is 68.6. The molecule has 0 heterocycles. The van der Waals surface area contributed by atoms with E-state index in [4.69, 9.17) is 37.0 Å². The number of allylic oxidation sites excluding steroid dienone is 30. The van der Waals surface area contributed by atoms with Gasteiger partial charge in [0.2, 0.25) is 0 Å². The molecule has 0 bridgehead atoms. The van der Waals surface area contributed by atoms with Crippen molar-refractivity contribution in [3.05, 3.63) is 182 Å². The van der Waals surface area contributed by atoms with Gasteiger partial charge in [0, 0.05) is 25.7 Å². The summed E-state index contributed by atoms with van der Waals surface area (Å²) in [6, 6.07) is 0. The van der Waals surface area contributed by atoms with E-state index in [-0.39, 0.29) is 25.7 Å². The number of rotatable bonds is 77. The minimum Gasteiger partial charge on any atom is -0.462 e. The van der Waals surface area contributed by atoms with Crippen molar-refractivity contribution < 1.29 is 80.2 Å². The maximum Gasteiger partial charge on any atom is 0.472 e. The van der Waals surface area contributed by atoms with E-state index in [0.717, 1.165) is 141 Å². The average Bonchev–Trinajstić information content (AvgIpc) is 0.907. The lowest BCUT2D eigenvalue weighted by molar-refractivity contribution is -0.161. The van der Waals surface area contributed by atoms with Crippen LogP contribution in [0.15, 0.2) is 182 Å². The summed E-state index contributed by atoms with van der Waals surface area (Å²) in [6.07, 6.45) is 98.8. The number of aliphatic hydroxyl groups is 1. The molecule has 0 aliphatic rings. The van der Waals surface area contributed by atoms with Crippen molar-refractivity contribution in [1.29, 1.82) is 0 Å². The molecule has 0 aromatic heterocycles. The average molecular weight is 1580 g/mol. The van der Waals surface area contributed by atoms with E-state index in [1.165, 1.54) is 77.0 Å². The number of hydrogen-bond acceptors (Lipinski definition) is 15. The van der Waals surface area contributed by atoms with E-state index >= 15 is 0 Å². The number of hydrogen-bond donors (Lipinski definition) is 3. The Morgan fingerprint density at radius 1 is 0.264 bits per heavy atom. The van der Waals surface area contributed by atoms with Gasteiger partial charge in [-0.1, -0.05) is 293 Å². The highest BCUT2D eigenvalue weighted by molar-refractivity contribution is 7.47. The molecule has 0 fully saturated rings. The summed E-state index contributed by atoms with van der Waals surface area (Å²) in [5.41, 5.74) is 0. The van der Waals surface area contributed by atoms with Crippen LogP contribution >= 0.6 is 15.6 Å². The lowest BCUT2D eigenvalue weighted by Gasteiger charge is -2.21. The summed E-state index contributed by atoms with van der Waals surface area (Å²) in [4.78, 5) is 73.1. The molecule has 0 aromatic carbocycles. The van der Waals surface area contributed by atoms with Crippen molar-refractivity contribution in [1.82, 2.24) is 0 Å². The van der Waals surface area contributed by atoms with Gasteiger partial charge in [0.05, 0.1) is 26.4 Å². The fourth-order valence-electron chi connectivity index (χ4n) is 10.5. The van der Waals surface area contributed by atoms with E-state index in [1.54, 1.807) is 0 Å². The Labute approximate surface area is 666 Å². The van der Waals surface area contributed by atoms with Crippen LogP contribution in [0.2, 0.25) is 0 Å². The lowest BCUT2D eigenvalue weighted by Crippen LogP contribution is -2.30. The Bertz CT molecular complexity index is 2800. The molecule has 0 saturated carbocycles. The molecule has 0 aromatic rings. The van der Waals surface area contributed by atoms with E-state index in [0.29, 0.717) is 38.5 Å². The second kappa shape index (κ2) is 81.2. The maximum absolute atomic E-state index is 13.1. The third-order valence-corrected chi connectivity index (χ3v) is 18.7. The third-order valence-electron chi connectivity index (χ3n) is 16.8. The maximum atomic E-state index is 13.1. The molecule has 0 radical (unpaired) electrons. The summed E-state index contributed by atoms with van der Waals surface area (Å²) in [5.74, 6) is -2.40. The quantitative estimate of drug-likeness (QED) is 0.0169. The minimum atomic E-state index is -5.02. The van der Waals surface area contributed by atoms with Crippen LogP contribution in [0.3, 0.4) is 0 Å². The van der Waals surface area contributed by atoms with Crippen LogP contribution in [0.1, 0.15) is 310 Å². The highest BCUT2D eigenvalue weighted by atomic mass is 31.2. The highest BCUT2D eigenvalue weighted by Crippen LogP contribution is 2.45. The standard InChI is InChI=1S/C91H148O17P2/c1-5-9-13-17-21-25-29-33-37-40-42-45-49-52-56-60-64-68-72-76-89(94)102-81-86(107-90(95)77-73-69-65-61-57-53-47-36-32-28-24-20-16-12-8-4)83-105-109(97,98)103-79-85(92)80-104-110(99,100)106-84-87(82-101-88(93)75-71-67-63-59-55-51-48-44-39-35-31-27-23-19-15-11-7-3)108-91(96)78-74-70-66-62-58-54-50-46-43-41-38-34-30-26-22-18-14-10-6-2/h10,14,21-23,25-27,33-39,42-43,45-48,51-52,54,56,58-59,63-64,68,85-87,92H,5-9,11-13,15-20,24,28-32,40-41,44,49-50,53,55,57,60-62,65-67,69-84H2,1-4H3,(H,97,98)(H,99,100)/b14-10-,25-21-,26-22-,27-23-,37-33-,38-34-,39-35-,45-42-,46-43-,47-36-,51-48-,56-52-,58-54-,63-59-,68-64-/t85-,86-,87-/m1/s1. The van der Waals surface area contributed by atoms with Crippen LogP contribution < -0.4 is 0 Å². The SMILES string of the molecule is CC/C=C\C/C=C\C/C=C\C/C=C\C/C=C\CCCCCC(=O)O[C@H](COC(=O)CCC/C=C\C/C=C\C/C=C\C/C=C\CCCCC)COP(=O)(O)OC[C@H](O)COP(=O)(O)OC[C@@H](COC(=O)CC/C=C\C/C=C\C/C=C\C/C=C\C/C=C\CCCCC)OC(=O)CCCCCCC/C=C\CCCCCCCC. The van der Waals surface area contributed by atoms with Gasteiger partial charge in [-0.15, -0.1) is 0 Å².